The minimum atomic E-state index is 0.142. The van der Waals surface area contributed by atoms with Crippen LogP contribution in [0.1, 0.15) is 24.6 Å². The van der Waals surface area contributed by atoms with Crippen LogP contribution in [0.15, 0.2) is 22.8 Å². The van der Waals surface area contributed by atoms with E-state index in [4.69, 9.17) is 4.42 Å². The Balaban J connectivity index is 1.88. The van der Waals surface area contributed by atoms with E-state index in [9.17, 15) is 0 Å². The summed E-state index contributed by atoms with van der Waals surface area (Å²) in [4.78, 5) is 1.44. The molecule has 0 amide bonds. The molecule has 2 aromatic rings. The van der Waals surface area contributed by atoms with Gasteiger partial charge >= 0.3 is 0 Å². The van der Waals surface area contributed by atoms with Crippen molar-refractivity contribution in [2.24, 2.45) is 7.05 Å². The van der Waals surface area contributed by atoms with Crippen molar-refractivity contribution in [1.82, 2.24) is 25.5 Å². The van der Waals surface area contributed by atoms with Crippen LogP contribution in [0.4, 0.5) is 0 Å². The van der Waals surface area contributed by atoms with Gasteiger partial charge in [0.2, 0.25) is 0 Å². The Morgan fingerprint density at radius 1 is 1.60 bits per heavy atom. The molecule has 1 N–H and O–H groups in total. The van der Waals surface area contributed by atoms with Crippen molar-refractivity contribution >= 4 is 0 Å². The fourth-order valence-electron chi connectivity index (χ4n) is 1.28. The summed E-state index contributed by atoms with van der Waals surface area (Å²) in [6, 6.07) is 3.94. The van der Waals surface area contributed by atoms with Gasteiger partial charge in [-0.15, -0.1) is 10.2 Å². The third-order valence-electron chi connectivity index (χ3n) is 2.09. The van der Waals surface area contributed by atoms with E-state index in [-0.39, 0.29) is 6.04 Å². The first-order chi connectivity index (χ1) is 7.25. The maximum absolute atomic E-state index is 5.26. The molecule has 2 heterocycles. The van der Waals surface area contributed by atoms with Crippen LogP contribution in [-0.2, 0) is 13.6 Å². The second kappa shape index (κ2) is 4.22. The zero-order valence-corrected chi connectivity index (χ0v) is 8.71. The number of aryl methyl sites for hydroxylation is 1. The Hall–Kier alpha value is -1.69. The number of aromatic nitrogens is 4. The van der Waals surface area contributed by atoms with Gasteiger partial charge in [-0.25, -0.2) is 0 Å². The monoisotopic (exact) mass is 207 g/mol. The molecule has 6 nitrogen and oxygen atoms in total. The van der Waals surface area contributed by atoms with Gasteiger partial charge < -0.3 is 9.73 Å². The van der Waals surface area contributed by atoms with Gasteiger partial charge in [0, 0.05) is 0 Å². The van der Waals surface area contributed by atoms with E-state index in [1.54, 1.807) is 13.3 Å². The molecule has 15 heavy (non-hydrogen) atoms. The molecular weight excluding hydrogens is 194 g/mol. The Morgan fingerprint density at radius 3 is 3.07 bits per heavy atom. The second-order valence-electron chi connectivity index (χ2n) is 3.31. The number of rotatable bonds is 4. The number of tetrazole rings is 1. The molecule has 0 saturated carbocycles. The van der Waals surface area contributed by atoms with Crippen LogP contribution in [0.2, 0.25) is 0 Å². The Morgan fingerprint density at radius 2 is 2.47 bits per heavy atom. The van der Waals surface area contributed by atoms with E-state index in [1.165, 1.54) is 4.80 Å². The standard InChI is InChI=1S/C9H13N5O/c1-7(8-4-3-5-15-8)10-6-9-11-13-14(2)12-9/h3-5,7,10H,6H2,1-2H3/t7-/m0/s1. The molecular formula is C9H13N5O. The molecule has 80 valence electrons. The van der Waals surface area contributed by atoms with Gasteiger partial charge in [0.15, 0.2) is 5.82 Å². The molecule has 2 aromatic heterocycles. The fourth-order valence-corrected chi connectivity index (χ4v) is 1.28. The number of hydrogen-bond donors (Lipinski definition) is 1. The highest BCUT2D eigenvalue weighted by molar-refractivity contribution is 5.03. The molecule has 0 aliphatic heterocycles. The van der Waals surface area contributed by atoms with Crippen LogP contribution in [0.5, 0.6) is 0 Å². The number of hydrogen-bond acceptors (Lipinski definition) is 5. The van der Waals surface area contributed by atoms with Gasteiger partial charge in [0.05, 0.1) is 25.9 Å². The van der Waals surface area contributed by atoms with E-state index < -0.39 is 0 Å². The van der Waals surface area contributed by atoms with Crippen LogP contribution < -0.4 is 5.32 Å². The highest BCUT2D eigenvalue weighted by Crippen LogP contribution is 2.12. The average Bonchev–Trinajstić information content (AvgIpc) is 2.84. The van der Waals surface area contributed by atoms with E-state index in [2.05, 4.69) is 20.7 Å². The fraction of sp³-hybridized carbons (Fsp3) is 0.444. The van der Waals surface area contributed by atoms with Crippen LogP contribution in [-0.4, -0.2) is 20.2 Å². The average molecular weight is 207 g/mol. The quantitative estimate of drug-likeness (QED) is 0.797. The summed E-state index contributed by atoms with van der Waals surface area (Å²) >= 11 is 0. The molecule has 0 fully saturated rings. The summed E-state index contributed by atoms with van der Waals surface area (Å²) in [5.41, 5.74) is 0. The van der Waals surface area contributed by atoms with Crippen molar-refractivity contribution in [2.45, 2.75) is 19.5 Å². The van der Waals surface area contributed by atoms with Crippen molar-refractivity contribution in [3.8, 4) is 0 Å². The largest absolute Gasteiger partial charge is 0.468 e. The molecule has 0 unspecified atom stereocenters. The second-order valence-corrected chi connectivity index (χ2v) is 3.31. The van der Waals surface area contributed by atoms with Crippen molar-refractivity contribution in [3.63, 3.8) is 0 Å². The first kappa shape index (κ1) is 9.85. The highest BCUT2D eigenvalue weighted by Gasteiger charge is 2.08. The number of nitrogens with one attached hydrogen (secondary N) is 1. The molecule has 0 bridgehead atoms. The summed E-state index contributed by atoms with van der Waals surface area (Å²) in [5.74, 6) is 1.58. The SMILES string of the molecule is C[C@H](NCc1nnn(C)n1)c1ccco1. The first-order valence-electron chi connectivity index (χ1n) is 4.75. The predicted octanol–water partition coefficient (Wildman–Crippen LogP) is 0.654. The topological polar surface area (TPSA) is 68.8 Å². The molecule has 0 saturated heterocycles. The zero-order valence-electron chi connectivity index (χ0n) is 8.71. The van der Waals surface area contributed by atoms with Crippen LogP contribution in [0, 0.1) is 0 Å². The molecule has 0 spiro atoms. The summed E-state index contributed by atoms with van der Waals surface area (Å²) in [7, 11) is 1.74. The van der Waals surface area contributed by atoms with Crippen LogP contribution in [0.3, 0.4) is 0 Å². The summed E-state index contributed by atoms with van der Waals surface area (Å²) in [6.07, 6.45) is 1.66. The summed E-state index contributed by atoms with van der Waals surface area (Å²) < 4.78 is 5.26. The minimum Gasteiger partial charge on any atom is -0.468 e. The molecule has 0 aromatic carbocycles. The molecule has 0 radical (unpaired) electrons. The van der Waals surface area contributed by atoms with Gasteiger partial charge in [-0.2, -0.15) is 4.80 Å². The van der Waals surface area contributed by atoms with Gasteiger partial charge in [0.25, 0.3) is 0 Å². The molecule has 0 aliphatic rings. The molecule has 6 heteroatoms. The smallest absolute Gasteiger partial charge is 0.188 e. The van der Waals surface area contributed by atoms with E-state index >= 15 is 0 Å². The highest BCUT2D eigenvalue weighted by atomic mass is 16.3. The lowest BCUT2D eigenvalue weighted by Crippen LogP contribution is -2.18. The lowest BCUT2D eigenvalue weighted by Gasteiger charge is -2.08. The normalized spacial score (nSPS) is 12.9. The van der Waals surface area contributed by atoms with Gasteiger partial charge in [-0.05, 0) is 24.3 Å². The van der Waals surface area contributed by atoms with Crippen molar-refractivity contribution < 1.29 is 4.42 Å². The summed E-state index contributed by atoms with van der Waals surface area (Å²) in [6.45, 7) is 2.60. The van der Waals surface area contributed by atoms with Gasteiger partial charge in [0.1, 0.15) is 5.76 Å². The minimum absolute atomic E-state index is 0.142. The maximum Gasteiger partial charge on any atom is 0.188 e. The van der Waals surface area contributed by atoms with E-state index in [1.807, 2.05) is 19.1 Å². The lowest BCUT2D eigenvalue weighted by atomic mass is 10.2. The lowest BCUT2D eigenvalue weighted by molar-refractivity contribution is 0.426. The molecule has 2 rings (SSSR count). The van der Waals surface area contributed by atoms with Crippen molar-refractivity contribution in [1.29, 1.82) is 0 Å². The summed E-state index contributed by atoms with van der Waals surface area (Å²) in [5, 5.41) is 14.9. The zero-order chi connectivity index (χ0) is 10.7. The Labute approximate surface area is 87.3 Å². The van der Waals surface area contributed by atoms with Gasteiger partial charge in [-0.3, -0.25) is 0 Å². The maximum atomic E-state index is 5.26. The predicted molar refractivity (Wildman–Crippen MR) is 52.8 cm³/mol. The van der Waals surface area contributed by atoms with E-state index in [0.717, 1.165) is 5.76 Å². The Bertz CT molecular complexity index is 408. The van der Waals surface area contributed by atoms with Gasteiger partial charge in [-0.1, -0.05) is 0 Å². The van der Waals surface area contributed by atoms with Crippen molar-refractivity contribution in [3.05, 3.63) is 30.0 Å². The molecule has 1 atom stereocenters. The number of furan rings is 1. The van der Waals surface area contributed by atoms with E-state index in [0.29, 0.717) is 12.4 Å². The third kappa shape index (κ3) is 2.41. The van der Waals surface area contributed by atoms with Crippen LogP contribution >= 0.6 is 0 Å². The van der Waals surface area contributed by atoms with Crippen molar-refractivity contribution in [2.75, 3.05) is 0 Å². The first-order valence-corrected chi connectivity index (χ1v) is 4.75. The Kier molecular flexibility index (Phi) is 2.77. The third-order valence-corrected chi connectivity index (χ3v) is 2.09. The molecule has 0 aliphatic carbocycles. The van der Waals surface area contributed by atoms with Crippen LogP contribution in [0.25, 0.3) is 0 Å². The number of nitrogens with zero attached hydrogens (tertiary/aromatic N) is 4.